The van der Waals surface area contributed by atoms with Crippen LogP contribution in [0.4, 0.5) is 5.69 Å². The maximum absolute atomic E-state index is 11.1. The minimum Gasteiger partial charge on any atom is -0.493 e. The highest BCUT2D eigenvalue weighted by atomic mass is 16.5. The van der Waals surface area contributed by atoms with Crippen molar-refractivity contribution in [3.8, 4) is 17.2 Å². The summed E-state index contributed by atoms with van der Waals surface area (Å²) in [5.74, 6) is 0.882. The van der Waals surface area contributed by atoms with E-state index in [0.29, 0.717) is 18.1 Å². The lowest BCUT2D eigenvalue weighted by Gasteiger charge is -2.12. The van der Waals surface area contributed by atoms with Crippen LogP contribution in [-0.2, 0) is 6.61 Å². The summed E-state index contributed by atoms with van der Waals surface area (Å²) in [5.41, 5.74) is 2.58. The van der Waals surface area contributed by atoms with Crippen LogP contribution in [0, 0.1) is 0 Å². The Bertz CT molecular complexity index is 1050. The predicted octanol–water partition coefficient (Wildman–Crippen LogP) is 5.12. The van der Waals surface area contributed by atoms with E-state index in [2.05, 4.69) is 4.99 Å². The van der Waals surface area contributed by atoms with Crippen LogP contribution < -0.4 is 14.2 Å². The van der Waals surface area contributed by atoms with E-state index in [9.17, 15) is 4.79 Å². The number of benzene rings is 3. The molecule has 30 heavy (non-hydrogen) atoms. The average molecular weight is 405 g/mol. The van der Waals surface area contributed by atoms with Crippen molar-refractivity contribution in [1.82, 2.24) is 0 Å². The van der Waals surface area contributed by atoms with E-state index in [1.807, 2.05) is 49.4 Å². The van der Waals surface area contributed by atoms with Crippen LogP contribution in [-0.4, -0.2) is 31.0 Å². The molecular formula is C24H23NO5. The molecule has 0 fully saturated rings. The highest BCUT2D eigenvalue weighted by Crippen LogP contribution is 2.30. The van der Waals surface area contributed by atoms with Gasteiger partial charge in [-0.15, -0.1) is 0 Å². The Morgan fingerprint density at radius 1 is 0.967 bits per heavy atom. The van der Waals surface area contributed by atoms with Crippen molar-refractivity contribution in [3.05, 3.63) is 83.4 Å². The quantitative estimate of drug-likeness (QED) is 0.500. The molecule has 3 aromatic rings. The number of aromatic carboxylic acids is 1. The van der Waals surface area contributed by atoms with Crippen molar-refractivity contribution >= 4 is 17.9 Å². The molecule has 0 bridgehead atoms. The molecule has 0 saturated carbocycles. The van der Waals surface area contributed by atoms with Gasteiger partial charge < -0.3 is 19.3 Å². The highest BCUT2D eigenvalue weighted by Gasteiger charge is 2.08. The molecule has 0 radical (unpaired) electrons. The third-order valence-corrected chi connectivity index (χ3v) is 4.27. The smallest absolute Gasteiger partial charge is 0.335 e. The molecule has 6 heteroatoms. The number of para-hydroxylation sites is 2. The Balaban J connectivity index is 1.74. The Labute approximate surface area is 175 Å². The summed E-state index contributed by atoms with van der Waals surface area (Å²) < 4.78 is 16.9. The topological polar surface area (TPSA) is 77.4 Å². The minimum absolute atomic E-state index is 0.224. The fraction of sp³-hybridized carbons (Fsp3) is 0.167. The van der Waals surface area contributed by atoms with Gasteiger partial charge in [0.25, 0.3) is 0 Å². The molecule has 154 valence electrons. The minimum atomic E-state index is -0.969. The largest absolute Gasteiger partial charge is 0.493 e. The van der Waals surface area contributed by atoms with Gasteiger partial charge in [-0.3, -0.25) is 4.99 Å². The van der Waals surface area contributed by atoms with E-state index in [1.54, 1.807) is 37.6 Å². The molecule has 0 aromatic heterocycles. The van der Waals surface area contributed by atoms with E-state index in [4.69, 9.17) is 19.3 Å². The first-order valence-electron chi connectivity index (χ1n) is 9.49. The maximum atomic E-state index is 11.1. The summed E-state index contributed by atoms with van der Waals surface area (Å²) in [6.45, 7) is 2.73. The van der Waals surface area contributed by atoms with E-state index in [0.717, 1.165) is 22.6 Å². The average Bonchev–Trinajstić information content (AvgIpc) is 2.77. The zero-order chi connectivity index (χ0) is 21.3. The molecule has 0 unspecified atom stereocenters. The van der Waals surface area contributed by atoms with Crippen LogP contribution >= 0.6 is 0 Å². The van der Waals surface area contributed by atoms with Crippen molar-refractivity contribution in [2.75, 3.05) is 13.7 Å². The summed E-state index contributed by atoms with van der Waals surface area (Å²) in [4.78, 5) is 15.6. The van der Waals surface area contributed by atoms with Gasteiger partial charge in [-0.2, -0.15) is 0 Å². The number of rotatable bonds is 9. The summed E-state index contributed by atoms with van der Waals surface area (Å²) in [6, 6.07) is 19.7. The molecule has 0 aliphatic carbocycles. The van der Waals surface area contributed by atoms with Crippen molar-refractivity contribution in [1.29, 1.82) is 0 Å². The van der Waals surface area contributed by atoms with Crippen LogP contribution in [0.2, 0.25) is 0 Å². The van der Waals surface area contributed by atoms with Gasteiger partial charge in [0.05, 0.1) is 19.3 Å². The Kier molecular flexibility index (Phi) is 7.05. The van der Waals surface area contributed by atoms with Crippen LogP contribution in [0.3, 0.4) is 0 Å². The lowest BCUT2D eigenvalue weighted by Crippen LogP contribution is -2.01. The van der Waals surface area contributed by atoms with Gasteiger partial charge in [0.1, 0.15) is 18.0 Å². The molecule has 6 nitrogen and oxygen atoms in total. The molecule has 0 aliphatic rings. The number of hydrogen-bond donors (Lipinski definition) is 1. The number of carboxylic acids is 1. The first-order chi connectivity index (χ1) is 14.6. The van der Waals surface area contributed by atoms with Crippen molar-refractivity contribution < 1.29 is 24.1 Å². The summed E-state index contributed by atoms with van der Waals surface area (Å²) in [5, 5.41) is 9.11. The normalized spacial score (nSPS) is 10.7. The van der Waals surface area contributed by atoms with Gasteiger partial charge in [-0.1, -0.05) is 24.3 Å². The van der Waals surface area contributed by atoms with Crippen LogP contribution in [0.15, 0.2) is 71.7 Å². The second-order valence-corrected chi connectivity index (χ2v) is 6.36. The predicted molar refractivity (Wildman–Crippen MR) is 116 cm³/mol. The molecule has 0 amide bonds. The zero-order valence-electron chi connectivity index (χ0n) is 16.9. The Morgan fingerprint density at radius 2 is 1.80 bits per heavy atom. The summed E-state index contributed by atoms with van der Waals surface area (Å²) in [6.07, 6.45) is 1.74. The number of nitrogens with zero attached hydrogens (tertiary/aromatic N) is 1. The molecule has 0 aliphatic heterocycles. The van der Waals surface area contributed by atoms with E-state index < -0.39 is 5.97 Å². The Morgan fingerprint density at radius 3 is 2.57 bits per heavy atom. The summed E-state index contributed by atoms with van der Waals surface area (Å²) in [7, 11) is 1.57. The number of carboxylic acid groups (broad SMARTS) is 1. The molecular weight excluding hydrogens is 382 g/mol. The van der Waals surface area contributed by atoms with E-state index in [1.165, 1.54) is 0 Å². The molecule has 0 saturated heterocycles. The first-order valence-corrected chi connectivity index (χ1v) is 9.49. The van der Waals surface area contributed by atoms with Crippen LogP contribution in [0.1, 0.15) is 28.4 Å². The molecule has 0 atom stereocenters. The van der Waals surface area contributed by atoms with Crippen molar-refractivity contribution in [3.63, 3.8) is 0 Å². The van der Waals surface area contributed by atoms with E-state index in [-0.39, 0.29) is 12.2 Å². The van der Waals surface area contributed by atoms with E-state index >= 15 is 0 Å². The zero-order valence-corrected chi connectivity index (χ0v) is 16.9. The standard InChI is InChI=1S/C24H23NO5/c1-3-29-21-10-5-4-9-20(21)25-15-17-11-12-22(23(14-17)28-2)30-16-18-7-6-8-19(13-18)24(26)27/h4-15H,3,16H2,1-2H3,(H,26,27). The van der Waals surface area contributed by atoms with Gasteiger partial charge >= 0.3 is 5.97 Å². The third-order valence-electron chi connectivity index (χ3n) is 4.27. The number of ether oxygens (including phenoxy) is 3. The molecule has 3 aromatic carbocycles. The molecule has 1 N–H and O–H groups in total. The lowest BCUT2D eigenvalue weighted by atomic mass is 10.1. The first kappa shape index (κ1) is 20.9. The number of hydrogen-bond acceptors (Lipinski definition) is 5. The van der Waals surface area contributed by atoms with Gasteiger partial charge in [0.2, 0.25) is 0 Å². The SMILES string of the molecule is CCOc1ccccc1N=Cc1ccc(OCc2cccc(C(=O)O)c2)c(OC)c1. The second kappa shape index (κ2) is 10.1. The summed E-state index contributed by atoms with van der Waals surface area (Å²) >= 11 is 0. The second-order valence-electron chi connectivity index (χ2n) is 6.36. The van der Waals surface area contributed by atoms with Gasteiger partial charge in [0.15, 0.2) is 11.5 Å². The maximum Gasteiger partial charge on any atom is 0.335 e. The lowest BCUT2D eigenvalue weighted by molar-refractivity contribution is 0.0696. The Hall–Kier alpha value is -3.80. The number of carbonyl (C=O) groups is 1. The van der Waals surface area contributed by atoms with Crippen molar-refractivity contribution in [2.45, 2.75) is 13.5 Å². The molecule has 3 rings (SSSR count). The monoisotopic (exact) mass is 405 g/mol. The van der Waals surface area contributed by atoms with Crippen LogP contribution in [0.5, 0.6) is 17.2 Å². The fourth-order valence-electron chi connectivity index (χ4n) is 2.82. The van der Waals surface area contributed by atoms with Gasteiger partial charge in [0, 0.05) is 6.21 Å². The van der Waals surface area contributed by atoms with Gasteiger partial charge in [-0.25, -0.2) is 4.79 Å². The molecule has 0 spiro atoms. The van der Waals surface area contributed by atoms with Gasteiger partial charge in [-0.05, 0) is 60.5 Å². The van der Waals surface area contributed by atoms with Crippen LogP contribution in [0.25, 0.3) is 0 Å². The third kappa shape index (κ3) is 5.38. The number of aliphatic imine (C=N–C) groups is 1. The highest BCUT2D eigenvalue weighted by molar-refractivity contribution is 5.87. The molecule has 0 heterocycles. The number of methoxy groups -OCH3 is 1. The van der Waals surface area contributed by atoms with Crippen molar-refractivity contribution in [2.24, 2.45) is 4.99 Å². The fourth-order valence-corrected chi connectivity index (χ4v) is 2.82.